The molecule has 4 nitrogen and oxygen atoms in total. The van der Waals surface area contributed by atoms with E-state index in [0.717, 1.165) is 44.8 Å². The molecule has 24 heavy (non-hydrogen) atoms. The second kappa shape index (κ2) is 8.31. The van der Waals surface area contributed by atoms with Crippen LogP contribution in [0.2, 0.25) is 0 Å². The zero-order chi connectivity index (χ0) is 16.8. The van der Waals surface area contributed by atoms with E-state index in [1.165, 1.54) is 4.88 Å². The van der Waals surface area contributed by atoms with E-state index < -0.39 is 0 Å². The van der Waals surface area contributed by atoms with Gasteiger partial charge in [0.2, 0.25) is 0 Å². The topological polar surface area (TPSA) is 38.8 Å². The molecule has 0 unspecified atom stereocenters. The SMILES string of the molecule is COc1ccc(C(=O)N(CCc2cccs2)C2CCOCC2)cc1. The Morgan fingerprint density at radius 3 is 2.62 bits per heavy atom. The zero-order valence-electron chi connectivity index (χ0n) is 13.9. The van der Waals surface area contributed by atoms with Gasteiger partial charge in [-0.3, -0.25) is 4.79 Å². The Kier molecular flexibility index (Phi) is 5.88. The van der Waals surface area contributed by atoms with Crippen molar-refractivity contribution in [1.82, 2.24) is 4.90 Å². The molecule has 2 aromatic rings. The summed E-state index contributed by atoms with van der Waals surface area (Å²) < 4.78 is 10.6. The molecule has 1 saturated heterocycles. The van der Waals surface area contributed by atoms with Crippen LogP contribution in [-0.2, 0) is 11.2 Å². The predicted molar refractivity (Wildman–Crippen MR) is 95.9 cm³/mol. The Balaban J connectivity index is 1.74. The van der Waals surface area contributed by atoms with Gasteiger partial charge in [0.1, 0.15) is 5.75 Å². The highest BCUT2D eigenvalue weighted by Crippen LogP contribution is 2.21. The maximum atomic E-state index is 13.1. The highest BCUT2D eigenvalue weighted by Gasteiger charge is 2.26. The molecular formula is C19H23NO3S. The molecule has 1 fully saturated rings. The Hall–Kier alpha value is -1.85. The second-order valence-corrected chi connectivity index (χ2v) is 6.93. The minimum Gasteiger partial charge on any atom is -0.497 e. The number of thiophene rings is 1. The van der Waals surface area contributed by atoms with E-state index >= 15 is 0 Å². The summed E-state index contributed by atoms with van der Waals surface area (Å²) in [5.74, 6) is 0.865. The molecule has 1 aromatic heterocycles. The van der Waals surface area contributed by atoms with Crippen molar-refractivity contribution < 1.29 is 14.3 Å². The van der Waals surface area contributed by atoms with E-state index in [1.54, 1.807) is 18.4 Å². The monoisotopic (exact) mass is 345 g/mol. The molecule has 1 aromatic carbocycles. The van der Waals surface area contributed by atoms with Crippen molar-refractivity contribution in [2.45, 2.75) is 25.3 Å². The van der Waals surface area contributed by atoms with Gasteiger partial charge < -0.3 is 14.4 Å². The molecule has 5 heteroatoms. The van der Waals surface area contributed by atoms with Crippen molar-refractivity contribution in [3.05, 3.63) is 52.2 Å². The minimum atomic E-state index is 0.0982. The highest BCUT2D eigenvalue weighted by atomic mass is 32.1. The lowest BCUT2D eigenvalue weighted by molar-refractivity contribution is 0.0294. The number of nitrogens with zero attached hydrogens (tertiary/aromatic N) is 1. The molecule has 1 aliphatic rings. The van der Waals surface area contributed by atoms with E-state index in [9.17, 15) is 4.79 Å². The predicted octanol–water partition coefficient (Wildman–Crippen LogP) is 3.62. The maximum Gasteiger partial charge on any atom is 0.254 e. The third-order valence-corrected chi connectivity index (χ3v) is 5.34. The lowest BCUT2D eigenvalue weighted by Gasteiger charge is -2.34. The van der Waals surface area contributed by atoms with Crippen molar-refractivity contribution in [3.8, 4) is 5.75 Å². The van der Waals surface area contributed by atoms with Gasteiger partial charge in [0.15, 0.2) is 0 Å². The van der Waals surface area contributed by atoms with Gasteiger partial charge in [-0.15, -0.1) is 11.3 Å². The molecule has 0 bridgehead atoms. The number of amides is 1. The van der Waals surface area contributed by atoms with Crippen LogP contribution in [0.5, 0.6) is 5.75 Å². The van der Waals surface area contributed by atoms with Crippen LogP contribution in [-0.4, -0.2) is 43.7 Å². The molecule has 0 aliphatic carbocycles. The van der Waals surface area contributed by atoms with Crippen LogP contribution < -0.4 is 4.74 Å². The first-order chi connectivity index (χ1) is 11.8. The molecule has 0 radical (unpaired) electrons. The molecule has 0 saturated carbocycles. The molecule has 0 atom stereocenters. The van der Waals surface area contributed by atoms with Gasteiger partial charge in [0.25, 0.3) is 5.91 Å². The Morgan fingerprint density at radius 2 is 2.00 bits per heavy atom. The zero-order valence-corrected chi connectivity index (χ0v) is 14.8. The summed E-state index contributed by atoms with van der Waals surface area (Å²) in [7, 11) is 1.63. The van der Waals surface area contributed by atoms with Crippen LogP contribution in [0.25, 0.3) is 0 Å². The summed E-state index contributed by atoms with van der Waals surface area (Å²) in [6, 6.07) is 11.8. The second-order valence-electron chi connectivity index (χ2n) is 5.90. The van der Waals surface area contributed by atoms with E-state index in [1.807, 2.05) is 29.2 Å². The van der Waals surface area contributed by atoms with Crippen molar-refractivity contribution in [3.63, 3.8) is 0 Å². The normalized spacial score (nSPS) is 15.2. The van der Waals surface area contributed by atoms with Crippen LogP contribution in [0.4, 0.5) is 0 Å². The molecule has 0 N–H and O–H groups in total. The Labute approximate surface area is 147 Å². The van der Waals surface area contributed by atoms with Crippen LogP contribution in [0.3, 0.4) is 0 Å². The smallest absolute Gasteiger partial charge is 0.254 e. The summed E-state index contributed by atoms with van der Waals surface area (Å²) in [5, 5.41) is 2.08. The number of hydrogen-bond donors (Lipinski definition) is 0. The third kappa shape index (κ3) is 4.16. The fourth-order valence-electron chi connectivity index (χ4n) is 3.03. The van der Waals surface area contributed by atoms with Crippen molar-refractivity contribution >= 4 is 17.2 Å². The van der Waals surface area contributed by atoms with Crippen molar-refractivity contribution in [2.24, 2.45) is 0 Å². The lowest BCUT2D eigenvalue weighted by Crippen LogP contribution is -2.44. The quantitative estimate of drug-likeness (QED) is 0.803. The van der Waals surface area contributed by atoms with Crippen molar-refractivity contribution in [2.75, 3.05) is 26.9 Å². The summed E-state index contributed by atoms with van der Waals surface area (Å²) in [5.41, 5.74) is 0.716. The minimum absolute atomic E-state index is 0.0982. The molecule has 3 rings (SSSR count). The average molecular weight is 345 g/mol. The maximum absolute atomic E-state index is 13.1. The summed E-state index contributed by atoms with van der Waals surface area (Å²) in [6.45, 7) is 2.21. The summed E-state index contributed by atoms with van der Waals surface area (Å²) in [6.07, 6.45) is 2.72. The first kappa shape index (κ1) is 17.0. The standard InChI is InChI=1S/C19H23NO3S/c1-22-17-6-4-15(5-7-17)19(21)20(16-9-12-23-13-10-16)11-8-18-3-2-14-24-18/h2-7,14,16H,8-13H2,1H3. The summed E-state index contributed by atoms with van der Waals surface area (Å²) >= 11 is 1.74. The molecule has 0 spiro atoms. The Morgan fingerprint density at radius 1 is 1.25 bits per heavy atom. The molecule has 1 aliphatic heterocycles. The van der Waals surface area contributed by atoms with Gasteiger partial charge in [-0.25, -0.2) is 0 Å². The third-order valence-electron chi connectivity index (χ3n) is 4.41. The van der Waals surface area contributed by atoms with Gasteiger partial charge in [-0.05, 0) is 55.0 Å². The van der Waals surface area contributed by atoms with Gasteiger partial charge in [-0.2, -0.15) is 0 Å². The van der Waals surface area contributed by atoms with Crippen LogP contribution in [0.15, 0.2) is 41.8 Å². The number of carbonyl (C=O) groups excluding carboxylic acids is 1. The van der Waals surface area contributed by atoms with Crippen molar-refractivity contribution in [1.29, 1.82) is 0 Å². The number of benzene rings is 1. The fraction of sp³-hybridized carbons (Fsp3) is 0.421. The van der Waals surface area contributed by atoms with E-state index in [-0.39, 0.29) is 11.9 Å². The summed E-state index contributed by atoms with van der Waals surface area (Å²) in [4.78, 5) is 16.4. The van der Waals surface area contributed by atoms with Gasteiger partial charge in [0.05, 0.1) is 7.11 Å². The van der Waals surface area contributed by atoms with E-state index in [2.05, 4.69) is 17.5 Å². The molecule has 2 heterocycles. The lowest BCUT2D eigenvalue weighted by atomic mass is 10.0. The number of methoxy groups -OCH3 is 1. The van der Waals surface area contributed by atoms with Crippen LogP contribution in [0, 0.1) is 0 Å². The number of carbonyl (C=O) groups is 1. The van der Waals surface area contributed by atoms with Crippen LogP contribution >= 0.6 is 11.3 Å². The van der Waals surface area contributed by atoms with Crippen LogP contribution in [0.1, 0.15) is 28.1 Å². The molecule has 1 amide bonds. The first-order valence-corrected chi connectivity index (χ1v) is 9.21. The Bertz CT molecular complexity index is 633. The molecule has 128 valence electrons. The first-order valence-electron chi connectivity index (χ1n) is 8.33. The van der Waals surface area contributed by atoms with Gasteiger partial charge >= 0.3 is 0 Å². The average Bonchev–Trinajstić information content (AvgIpc) is 3.16. The number of ether oxygens (including phenoxy) is 2. The number of hydrogen-bond acceptors (Lipinski definition) is 4. The highest BCUT2D eigenvalue weighted by molar-refractivity contribution is 7.09. The largest absolute Gasteiger partial charge is 0.497 e. The van der Waals surface area contributed by atoms with E-state index in [0.29, 0.717) is 5.56 Å². The fourth-order valence-corrected chi connectivity index (χ4v) is 3.73. The number of rotatable bonds is 6. The van der Waals surface area contributed by atoms with Gasteiger partial charge in [0, 0.05) is 36.2 Å². The van der Waals surface area contributed by atoms with E-state index in [4.69, 9.17) is 9.47 Å². The van der Waals surface area contributed by atoms with Gasteiger partial charge in [-0.1, -0.05) is 6.07 Å². The molecular weight excluding hydrogens is 322 g/mol.